The molecule has 0 aliphatic heterocycles. The van der Waals surface area contributed by atoms with Crippen LogP contribution in [0.3, 0.4) is 0 Å². The number of hydrogen-bond acceptors (Lipinski definition) is 1. The van der Waals surface area contributed by atoms with E-state index in [1.807, 2.05) is 0 Å². The van der Waals surface area contributed by atoms with E-state index in [-0.39, 0.29) is 0 Å². The summed E-state index contributed by atoms with van der Waals surface area (Å²) < 4.78 is 2.45. The van der Waals surface area contributed by atoms with Crippen molar-refractivity contribution < 1.29 is 0 Å². The largest absolute Gasteiger partial charge is 0.292 e. The lowest BCUT2D eigenvalue weighted by Gasteiger charge is -2.27. The maximum Gasteiger partial charge on any atom is 0.145 e. The lowest BCUT2D eigenvalue weighted by atomic mass is 9.78. The zero-order chi connectivity index (χ0) is 23.1. The molecule has 0 amide bonds. The molecule has 6 rings (SSSR count). The highest BCUT2D eigenvalue weighted by atomic mass is 15.0. The Balaban J connectivity index is 1.71. The first-order chi connectivity index (χ1) is 16.8. The molecule has 0 N–H and O–H groups in total. The first-order valence-electron chi connectivity index (χ1n) is 13.2. The highest BCUT2D eigenvalue weighted by Crippen LogP contribution is 2.43. The molecular weight excluding hydrogens is 412 g/mol. The molecule has 1 fully saturated rings. The Bertz CT molecular complexity index is 1470. The fourth-order valence-corrected chi connectivity index (χ4v) is 6.41. The number of para-hydroxylation sites is 1. The molecule has 1 aliphatic rings. The van der Waals surface area contributed by atoms with Crippen molar-refractivity contribution in [3.8, 4) is 11.3 Å². The number of benzene rings is 3. The van der Waals surface area contributed by atoms with Crippen LogP contribution in [0.4, 0.5) is 0 Å². The summed E-state index contributed by atoms with van der Waals surface area (Å²) in [6.45, 7) is 4.71. The number of fused-ring (bicyclic) bond motifs is 6. The van der Waals surface area contributed by atoms with Crippen LogP contribution in [0.25, 0.3) is 38.6 Å². The van der Waals surface area contributed by atoms with Gasteiger partial charge < -0.3 is 0 Å². The zero-order valence-corrected chi connectivity index (χ0v) is 20.4. The van der Waals surface area contributed by atoms with Crippen LogP contribution in [0.15, 0.2) is 72.9 Å². The summed E-state index contributed by atoms with van der Waals surface area (Å²) in [5.41, 5.74) is 8.05. The van der Waals surface area contributed by atoms with Gasteiger partial charge in [-0.15, -0.1) is 0 Å². The SMILES string of the molecule is CCCC(C)c1cccc(C2CCCCC2)c1-c1cnc2c3ccccc3c3ccccc3n12. The molecule has 2 aromatic heterocycles. The molecule has 172 valence electrons. The molecule has 0 saturated heterocycles. The minimum absolute atomic E-state index is 0.529. The molecule has 3 aromatic carbocycles. The van der Waals surface area contributed by atoms with Crippen LogP contribution >= 0.6 is 0 Å². The molecule has 1 aliphatic carbocycles. The van der Waals surface area contributed by atoms with Crippen LogP contribution in [-0.2, 0) is 0 Å². The number of nitrogens with zero attached hydrogens (tertiary/aromatic N) is 2. The number of aromatic nitrogens is 2. The first-order valence-corrected chi connectivity index (χ1v) is 13.2. The number of imidazole rings is 1. The van der Waals surface area contributed by atoms with Crippen molar-refractivity contribution in [1.82, 2.24) is 9.38 Å². The van der Waals surface area contributed by atoms with Gasteiger partial charge in [-0.3, -0.25) is 4.40 Å². The third-order valence-electron chi connectivity index (χ3n) is 8.05. The van der Waals surface area contributed by atoms with E-state index >= 15 is 0 Å². The fourth-order valence-electron chi connectivity index (χ4n) is 6.41. The molecule has 34 heavy (non-hydrogen) atoms. The van der Waals surface area contributed by atoms with Gasteiger partial charge in [-0.1, -0.05) is 100 Å². The number of pyridine rings is 1. The zero-order valence-electron chi connectivity index (χ0n) is 20.4. The van der Waals surface area contributed by atoms with Crippen LogP contribution in [0.2, 0.25) is 0 Å². The van der Waals surface area contributed by atoms with E-state index in [1.54, 1.807) is 5.56 Å². The lowest BCUT2D eigenvalue weighted by molar-refractivity contribution is 0.444. The Hall–Kier alpha value is -3.13. The van der Waals surface area contributed by atoms with Crippen molar-refractivity contribution >= 4 is 27.3 Å². The molecule has 2 heterocycles. The van der Waals surface area contributed by atoms with E-state index in [2.05, 4.69) is 91.2 Å². The normalized spacial score (nSPS) is 15.9. The summed E-state index contributed by atoms with van der Waals surface area (Å²) in [7, 11) is 0. The van der Waals surface area contributed by atoms with Crippen LogP contribution in [0.1, 0.15) is 81.8 Å². The van der Waals surface area contributed by atoms with E-state index in [0.29, 0.717) is 11.8 Å². The van der Waals surface area contributed by atoms with E-state index in [1.165, 1.54) is 83.4 Å². The minimum atomic E-state index is 0.529. The van der Waals surface area contributed by atoms with Crippen molar-refractivity contribution in [3.63, 3.8) is 0 Å². The van der Waals surface area contributed by atoms with E-state index in [4.69, 9.17) is 4.98 Å². The van der Waals surface area contributed by atoms with Crippen molar-refractivity contribution in [2.45, 2.75) is 70.6 Å². The Morgan fingerprint density at radius 3 is 2.38 bits per heavy atom. The second kappa shape index (κ2) is 8.91. The average Bonchev–Trinajstić information content (AvgIpc) is 3.34. The molecule has 1 saturated carbocycles. The summed E-state index contributed by atoms with van der Waals surface area (Å²) in [5.74, 6) is 1.18. The molecule has 0 radical (unpaired) electrons. The van der Waals surface area contributed by atoms with Gasteiger partial charge in [0.05, 0.1) is 17.4 Å². The Morgan fingerprint density at radius 2 is 1.59 bits per heavy atom. The van der Waals surface area contributed by atoms with Gasteiger partial charge in [0.15, 0.2) is 0 Å². The van der Waals surface area contributed by atoms with Gasteiger partial charge in [0.1, 0.15) is 5.65 Å². The predicted octanol–water partition coefficient (Wildman–Crippen LogP) is 9.26. The third-order valence-corrected chi connectivity index (χ3v) is 8.05. The van der Waals surface area contributed by atoms with Crippen LogP contribution in [-0.4, -0.2) is 9.38 Å². The van der Waals surface area contributed by atoms with Gasteiger partial charge in [-0.25, -0.2) is 4.98 Å². The quantitative estimate of drug-likeness (QED) is 0.246. The summed E-state index contributed by atoms with van der Waals surface area (Å²) in [4.78, 5) is 5.07. The van der Waals surface area contributed by atoms with Crippen molar-refractivity contribution in [1.29, 1.82) is 0 Å². The summed E-state index contributed by atoms with van der Waals surface area (Å²) >= 11 is 0. The van der Waals surface area contributed by atoms with Gasteiger partial charge in [0.25, 0.3) is 0 Å². The first kappa shape index (κ1) is 21.4. The third kappa shape index (κ3) is 3.43. The number of rotatable bonds is 5. The fraction of sp³-hybridized carbons (Fsp3) is 0.344. The standard InChI is InChI=1S/C32H34N2/c1-3-12-22(2)24-18-11-19-25(23-13-5-4-6-14-23)31(24)30-21-33-32-28-17-8-7-15-26(28)27-16-9-10-20-29(27)34(30)32/h7-11,15-23H,3-6,12-14H2,1-2H3. The van der Waals surface area contributed by atoms with Gasteiger partial charge >= 0.3 is 0 Å². The van der Waals surface area contributed by atoms with Crippen molar-refractivity contribution in [3.05, 3.63) is 84.1 Å². The van der Waals surface area contributed by atoms with Crippen molar-refractivity contribution in [2.24, 2.45) is 0 Å². The average molecular weight is 447 g/mol. The molecule has 0 spiro atoms. The van der Waals surface area contributed by atoms with Crippen LogP contribution < -0.4 is 0 Å². The molecule has 2 nitrogen and oxygen atoms in total. The van der Waals surface area contributed by atoms with Gasteiger partial charge in [-0.05, 0) is 53.7 Å². The Labute approximate surface area is 202 Å². The lowest BCUT2D eigenvalue weighted by Crippen LogP contribution is -2.09. The van der Waals surface area contributed by atoms with Crippen LogP contribution in [0, 0.1) is 0 Å². The molecule has 2 heteroatoms. The van der Waals surface area contributed by atoms with E-state index in [0.717, 1.165) is 5.65 Å². The summed E-state index contributed by atoms with van der Waals surface area (Å²) in [6.07, 6.45) is 11.2. The summed E-state index contributed by atoms with van der Waals surface area (Å²) in [5, 5.41) is 3.80. The molecule has 1 unspecified atom stereocenters. The van der Waals surface area contributed by atoms with Gasteiger partial charge in [0, 0.05) is 16.3 Å². The number of hydrogen-bond donors (Lipinski definition) is 0. The predicted molar refractivity (Wildman–Crippen MR) is 145 cm³/mol. The second-order valence-electron chi connectivity index (χ2n) is 10.2. The highest BCUT2D eigenvalue weighted by molar-refractivity contribution is 6.12. The maximum absolute atomic E-state index is 5.07. The highest BCUT2D eigenvalue weighted by Gasteiger charge is 2.25. The van der Waals surface area contributed by atoms with Gasteiger partial charge in [0.2, 0.25) is 0 Å². The van der Waals surface area contributed by atoms with E-state index in [9.17, 15) is 0 Å². The molecular formula is C32H34N2. The Kier molecular flexibility index (Phi) is 5.61. The molecule has 1 atom stereocenters. The van der Waals surface area contributed by atoms with Crippen LogP contribution in [0.5, 0.6) is 0 Å². The smallest absolute Gasteiger partial charge is 0.145 e. The molecule has 0 bridgehead atoms. The van der Waals surface area contributed by atoms with Gasteiger partial charge in [-0.2, -0.15) is 0 Å². The minimum Gasteiger partial charge on any atom is -0.292 e. The maximum atomic E-state index is 5.07. The van der Waals surface area contributed by atoms with Crippen molar-refractivity contribution in [2.75, 3.05) is 0 Å². The Morgan fingerprint density at radius 1 is 0.853 bits per heavy atom. The topological polar surface area (TPSA) is 17.3 Å². The summed E-state index contributed by atoms with van der Waals surface area (Å²) in [6, 6.07) is 24.7. The van der Waals surface area contributed by atoms with E-state index < -0.39 is 0 Å². The molecule has 5 aromatic rings. The second-order valence-corrected chi connectivity index (χ2v) is 10.2. The monoisotopic (exact) mass is 446 g/mol.